The van der Waals surface area contributed by atoms with Gasteiger partial charge < -0.3 is 30.1 Å². The highest BCUT2D eigenvalue weighted by molar-refractivity contribution is 7.91. The monoisotopic (exact) mass is 795 g/mol. The first-order chi connectivity index (χ1) is 25.8. The number of fused-ring (bicyclic) bond motifs is 3. The third kappa shape index (κ3) is 8.14. The van der Waals surface area contributed by atoms with Crippen LogP contribution >= 0.6 is 0 Å². The molecule has 2 aromatic rings. The number of allylic oxidation sites excluding steroid dienone is 1. The van der Waals surface area contributed by atoms with Crippen LogP contribution in [0.15, 0.2) is 24.4 Å². The number of nitrogens with zero attached hydrogens (tertiary/aromatic N) is 4. The van der Waals surface area contributed by atoms with Crippen molar-refractivity contribution in [2.24, 2.45) is 17.8 Å². The molecule has 2 aliphatic heterocycles. The van der Waals surface area contributed by atoms with Crippen molar-refractivity contribution in [3.05, 3.63) is 30.1 Å². The first-order valence-electron chi connectivity index (χ1n) is 18.1. The predicted octanol–water partition coefficient (Wildman–Crippen LogP) is 3.31. The third-order valence-corrected chi connectivity index (χ3v) is 13.3. The Hall–Kier alpha value is -4.75. The highest BCUT2D eigenvalue weighted by atomic mass is 32.2. The van der Waals surface area contributed by atoms with E-state index in [1.54, 1.807) is 13.0 Å². The maximum absolute atomic E-state index is 14.5. The highest BCUT2D eigenvalue weighted by Crippen LogP contribution is 2.48. The van der Waals surface area contributed by atoms with Gasteiger partial charge in [-0.15, -0.1) is 0 Å². The van der Waals surface area contributed by atoms with E-state index in [0.717, 1.165) is 11.1 Å². The first-order valence-corrected chi connectivity index (χ1v) is 19.6. The minimum Gasteiger partial charge on any atom is -0.481 e. The van der Waals surface area contributed by atoms with Crippen molar-refractivity contribution in [2.75, 3.05) is 13.7 Å². The van der Waals surface area contributed by atoms with Crippen LogP contribution in [0, 0.1) is 17.8 Å². The smallest absolute Gasteiger partial charge is 0.438 e. The molecule has 4 amide bonds. The molecule has 1 saturated heterocycles. The van der Waals surface area contributed by atoms with Crippen LogP contribution < -0.4 is 24.8 Å². The minimum absolute atomic E-state index is 0.00290. The summed E-state index contributed by atoms with van der Waals surface area (Å²) >= 11 is 0. The number of aromatic nitrogens is 3. The van der Waals surface area contributed by atoms with Crippen LogP contribution in [0.4, 0.5) is 18.0 Å². The van der Waals surface area contributed by atoms with E-state index < -0.39 is 105 Å². The van der Waals surface area contributed by atoms with Crippen molar-refractivity contribution in [2.45, 2.75) is 107 Å². The topological polar surface area (TPSA) is 219 Å². The average Bonchev–Trinajstić information content (AvgIpc) is 4.00. The van der Waals surface area contributed by atoms with E-state index in [9.17, 15) is 45.9 Å². The maximum Gasteiger partial charge on any atom is 0.438 e. The largest absolute Gasteiger partial charge is 0.481 e. The van der Waals surface area contributed by atoms with E-state index in [2.05, 4.69) is 30.3 Å². The van der Waals surface area contributed by atoms with E-state index in [1.807, 2.05) is 13.0 Å². The van der Waals surface area contributed by atoms with Crippen molar-refractivity contribution >= 4 is 44.9 Å². The fraction of sp³-hybridized carbons (Fsp3) is 0.629. The van der Waals surface area contributed by atoms with Gasteiger partial charge in [0.15, 0.2) is 0 Å². The number of amides is 4. The van der Waals surface area contributed by atoms with Crippen LogP contribution in [0.1, 0.15) is 77.8 Å². The Morgan fingerprint density at radius 2 is 1.89 bits per heavy atom. The third-order valence-electron chi connectivity index (χ3n) is 11.1. The number of carbonyl (C=O) groups is 4. The molecule has 0 spiro atoms. The Morgan fingerprint density at radius 3 is 2.53 bits per heavy atom. The van der Waals surface area contributed by atoms with Gasteiger partial charge in [0.05, 0.1) is 30.1 Å². The Kier molecular flexibility index (Phi) is 10.7. The molecule has 6 rings (SSSR count). The molecule has 2 aromatic heterocycles. The van der Waals surface area contributed by atoms with Crippen molar-refractivity contribution < 1.29 is 55.3 Å². The summed E-state index contributed by atoms with van der Waals surface area (Å²) in [6.07, 6.45) is -0.727. The molecule has 2 saturated carbocycles. The number of carboxylic acid groups (broad SMARTS) is 1. The Bertz CT molecular complexity index is 2010. The summed E-state index contributed by atoms with van der Waals surface area (Å²) in [5.74, 6) is -4.72. The van der Waals surface area contributed by atoms with E-state index in [0.29, 0.717) is 38.5 Å². The summed E-state index contributed by atoms with van der Waals surface area (Å²) in [7, 11) is -2.83. The SMILES string of the molecule is CC[C@@H]1C[C@H](C)CCC=C[C@@H]2C[C@@]2(C(=O)NS(=O)(=O)C2(C)CC2)NC(=O)[C@@H]2C[C@@H](Oc3nc4cnc(OC)cc4nc3C(F)(F)F)CN2C(=O)[C@H]1NC(=O)O. The second-order valence-electron chi connectivity index (χ2n) is 15.2. The summed E-state index contributed by atoms with van der Waals surface area (Å²) in [4.78, 5) is 67.4. The Morgan fingerprint density at radius 1 is 1.16 bits per heavy atom. The summed E-state index contributed by atoms with van der Waals surface area (Å²) in [6, 6.07) is -1.65. The number of ether oxygens (including phenoxy) is 2. The van der Waals surface area contributed by atoms with Gasteiger partial charge in [-0.3, -0.25) is 19.1 Å². The number of hydrogen-bond donors (Lipinski definition) is 4. The normalized spacial score (nSPS) is 29.5. The van der Waals surface area contributed by atoms with Gasteiger partial charge in [-0.25, -0.2) is 28.2 Å². The first kappa shape index (κ1) is 39.9. The molecule has 16 nitrogen and oxygen atoms in total. The van der Waals surface area contributed by atoms with E-state index >= 15 is 0 Å². The van der Waals surface area contributed by atoms with Crippen LogP contribution in [0.3, 0.4) is 0 Å². The Balaban J connectivity index is 1.38. The zero-order chi connectivity index (χ0) is 40.1. The fourth-order valence-corrected chi connectivity index (χ4v) is 8.72. The van der Waals surface area contributed by atoms with Crippen LogP contribution in [-0.2, 0) is 30.6 Å². The lowest BCUT2D eigenvalue weighted by molar-refractivity contribution is -0.143. The van der Waals surface area contributed by atoms with Crippen LogP contribution in [0.25, 0.3) is 11.0 Å². The molecule has 4 N–H and O–H groups in total. The van der Waals surface area contributed by atoms with E-state index in [-0.39, 0.29) is 29.3 Å². The van der Waals surface area contributed by atoms with Crippen molar-refractivity contribution in [1.82, 2.24) is 35.2 Å². The fourth-order valence-electron chi connectivity index (χ4n) is 7.41. The molecular weight excluding hydrogens is 751 g/mol. The number of hydrogen-bond acceptors (Lipinski definition) is 11. The highest BCUT2D eigenvalue weighted by Gasteiger charge is 2.63. The second-order valence-corrected chi connectivity index (χ2v) is 17.4. The zero-order valence-electron chi connectivity index (χ0n) is 30.7. The van der Waals surface area contributed by atoms with Gasteiger partial charge in [-0.2, -0.15) is 13.2 Å². The molecule has 55 heavy (non-hydrogen) atoms. The quantitative estimate of drug-likeness (QED) is 0.283. The molecule has 4 aliphatic rings. The van der Waals surface area contributed by atoms with Gasteiger partial charge in [-0.05, 0) is 57.3 Å². The predicted molar refractivity (Wildman–Crippen MR) is 188 cm³/mol. The maximum atomic E-state index is 14.5. The number of halogens is 3. The number of methoxy groups -OCH3 is 1. The molecule has 3 fully saturated rings. The number of carbonyl (C=O) groups excluding carboxylic acids is 3. The lowest BCUT2D eigenvalue weighted by Gasteiger charge is -2.33. The second kappa shape index (κ2) is 14.7. The Labute approximate surface area is 315 Å². The van der Waals surface area contributed by atoms with E-state index in [4.69, 9.17) is 9.47 Å². The number of nitrogens with one attached hydrogen (secondary N) is 3. The molecule has 0 aromatic carbocycles. The minimum atomic E-state index is -5.05. The van der Waals surface area contributed by atoms with Crippen molar-refractivity contribution in [1.29, 1.82) is 0 Å². The molecular formula is C35H44F3N7O9S. The van der Waals surface area contributed by atoms with Gasteiger partial charge in [0, 0.05) is 18.4 Å². The lowest BCUT2D eigenvalue weighted by Crippen LogP contribution is -2.59. The molecule has 2 aliphatic carbocycles. The summed E-state index contributed by atoms with van der Waals surface area (Å²) in [5, 5.41) is 14.8. The van der Waals surface area contributed by atoms with Crippen molar-refractivity contribution in [3.8, 4) is 11.8 Å². The molecule has 4 heterocycles. The average molecular weight is 796 g/mol. The number of alkyl halides is 3. The number of rotatable bonds is 8. The van der Waals surface area contributed by atoms with Gasteiger partial charge >= 0.3 is 12.3 Å². The summed E-state index contributed by atoms with van der Waals surface area (Å²) in [6.45, 7) is 4.79. The molecule has 0 bridgehead atoms. The number of sulfonamides is 1. The molecule has 0 radical (unpaired) electrons. The molecule has 0 unspecified atom stereocenters. The van der Waals surface area contributed by atoms with E-state index in [1.165, 1.54) is 20.1 Å². The molecule has 7 atom stereocenters. The van der Waals surface area contributed by atoms with Crippen LogP contribution in [0.2, 0.25) is 0 Å². The molecule has 20 heteroatoms. The summed E-state index contributed by atoms with van der Waals surface area (Å²) < 4.78 is 81.1. The number of pyridine rings is 1. The van der Waals surface area contributed by atoms with Gasteiger partial charge in [0.2, 0.25) is 39.3 Å². The van der Waals surface area contributed by atoms with Crippen molar-refractivity contribution in [3.63, 3.8) is 0 Å². The van der Waals surface area contributed by atoms with Crippen LogP contribution in [0.5, 0.6) is 11.8 Å². The molecule has 300 valence electrons. The van der Waals surface area contributed by atoms with Gasteiger partial charge in [0.25, 0.3) is 5.91 Å². The lowest BCUT2D eigenvalue weighted by atomic mass is 9.85. The van der Waals surface area contributed by atoms with Gasteiger partial charge in [-0.1, -0.05) is 32.4 Å². The van der Waals surface area contributed by atoms with Crippen LogP contribution in [-0.4, -0.2) is 99.3 Å². The zero-order valence-corrected chi connectivity index (χ0v) is 31.5. The summed E-state index contributed by atoms with van der Waals surface area (Å²) in [5.41, 5.74) is -3.44. The van der Waals surface area contributed by atoms with Gasteiger partial charge in [0.1, 0.15) is 29.2 Å². The standard InChI is InChI=1S/C35H44F3N7O9S/c1-5-19-12-18(2)8-6-7-9-20-15-34(20,31(48)44-55(51,52)33(3)10-11-33)43-28(46)24-13-21(17-45(24)30(47)26(19)42-32(49)50)54-29-27(35(36,37)38)40-22-14-25(53-4)39-16-23(22)41-29/h7,9,14,16,18-21,24,26,42H,5-6,8,10-13,15,17H2,1-4H3,(H,43,46)(H,44,48)(H,49,50)/t18-,19-,20-,21-,24+,26+,34-/m1/s1.